The first-order valence-electron chi connectivity index (χ1n) is 7.02. The Hall–Kier alpha value is -0.240. The molecule has 108 valence electrons. The molecule has 0 N–H and O–H groups in total. The zero-order chi connectivity index (χ0) is 13.2. The Bertz CT molecular complexity index is 382. The summed E-state index contributed by atoms with van der Waals surface area (Å²) in [6, 6.07) is 8.45. The van der Waals surface area contributed by atoms with Crippen LogP contribution in [0.2, 0.25) is 5.02 Å². The Labute approximate surface area is 128 Å². The molecule has 0 bridgehead atoms. The van der Waals surface area contributed by atoms with E-state index in [1.165, 1.54) is 37.8 Å². The average molecular weight is 302 g/mol. The van der Waals surface area contributed by atoms with Crippen LogP contribution >= 0.6 is 24.0 Å². The standard InChI is InChI=1S/C16H24ClN.ClH/c1-13(2)9-12-18(3)16(10-4-11-16)14-5-7-15(17)8-6-14;/h5-8,13H,4,9-12H2,1-3H3;1H. The van der Waals surface area contributed by atoms with Crippen LogP contribution in [0.15, 0.2) is 24.3 Å². The topological polar surface area (TPSA) is 3.24 Å². The maximum absolute atomic E-state index is 5.99. The average Bonchev–Trinajstić information content (AvgIpc) is 2.27. The van der Waals surface area contributed by atoms with E-state index >= 15 is 0 Å². The molecule has 0 radical (unpaired) electrons. The van der Waals surface area contributed by atoms with Gasteiger partial charge < -0.3 is 0 Å². The fraction of sp³-hybridized carbons (Fsp3) is 0.625. The number of benzene rings is 1. The summed E-state index contributed by atoms with van der Waals surface area (Å²) in [6.07, 6.45) is 5.17. The quantitative estimate of drug-likeness (QED) is 0.729. The molecule has 1 aliphatic rings. The molecule has 0 unspecified atom stereocenters. The van der Waals surface area contributed by atoms with Crippen molar-refractivity contribution in [2.75, 3.05) is 13.6 Å². The van der Waals surface area contributed by atoms with Gasteiger partial charge in [0.05, 0.1) is 0 Å². The molecule has 1 aromatic rings. The van der Waals surface area contributed by atoms with E-state index in [1.807, 2.05) is 12.1 Å². The highest BCUT2D eigenvalue weighted by Gasteiger charge is 2.41. The van der Waals surface area contributed by atoms with Crippen LogP contribution in [0, 0.1) is 5.92 Å². The first kappa shape index (κ1) is 16.8. The number of hydrogen-bond donors (Lipinski definition) is 0. The van der Waals surface area contributed by atoms with Crippen molar-refractivity contribution in [2.24, 2.45) is 5.92 Å². The molecular weight excluding hydrogens is 277 g/mol. The highest BCUT2D eigenvalue weighted by Crippen LogP contribution is 2.46. The fourth-order valence-corrected chi connectivity index (χ4v) is 2.95. The number of hydrogen-bond acceptors (Lipinski definition) is 1. The Kier molecular flexibility index (Phi) is 6.16. The van der Waals surface area contributed by atoms with Gasteiger partial charge in [-0.1, -0.05) is 37.6 Å². The van der Waals surface area contributed by atoms with Crippen LogP contribution in [0.5, 0.6) is 0 Å². The minimum absolute atomic E-state index is 0. The van der Waals surface area contributed by atoms with Gasteiger partial charge in [-0.05, 0) is 62.9 Å². The number of nitrogens with zero attached hydrogens (tertiary/aromatic N) is 1. The summed E-state index contributed by atoms with van der Waals surface area (Å²) in [7, 11) is 2.27. The summed E-state index contributed by atoms with van der Waals surface area (Å²) in [5, 5.41) is 0.832. The third-order valence-corrected chi connectivity index (χ3v) is 4.59. The molecule has 0 atom stereocenters. The van der Waals surface area contributed by atoms with Crippen LogP contribution in [0.4, 0.5) is 0 Å². The summed E-state index contributed by atoms with van der Waals surface area (Å²) in [5.41, 5.74) is 1.71. The monoisotopic (exact) mass is 301 g/mol. The lowest BCUT2D eigenvalue weighted by Crippen LogP contribution is -2.49. The van der Waals surface area contributed by atoms with Gasteiger partial charge in [-0.3, -0.25) is 4.90 Å². The van der Waals surface area contributed by atoms with Crippen molar-refractivity contribution in [3.8, 4) is 0 Å². The molecule has 1 aliphatic carbocycles. The first-order chi connectivity index (χ1) is 8.54. The van der Waals surface area contributed by atoms with Gasteiger partial charge in [-0.15, -0.1) is 12.4 Å². The molecule has 1 aromatic carbocycles. The van der Waals surface area contributed by atoms with Crippen molar-refractivity contribution in [3.63, 3.8) is 0 Å². The van der Waals surface area contributed by atoms with E-state index in [-0.39, 0.29) is 17.9 Å². The normalized spacial score (nSPS) is 17.2. The molecule has 0 saturated heterocycles. The van der Waals surface area contributed by atoms with E-state index in [4.69, 9.17) is 11.6 Å². The van der Waals surface area contributed by atoms with Crippen LogP contribution < -0.4 is 0 Å². The molecule has 2 rings (SSSR count). The van der Waals surface area contributed by atoms with Crippen molar-refractivity contribution in [1.29, 1.82) is 0 Å². The molecule has 1 fully saturated rings. The molecule has 0 heterocycles. The minimum atomic E-state index is 0. The lowest BCUT2D eigenvalue weighted by molar-refractivity contribution is 0.0312. The molecular formula is C16H25Cl2N. The zero-order valence-corrected chi connectivity index (χ0v) is 13.7. The van der Waals surface area contributed by atoms with Crippen molar-refractivity contribution in [1.82, 2.24) is 4.90 Å². The lowest BCUT2D eigenvalue weighted by atomic mass is 9.70. The van der Waals surface area contributed by atoms with Gasteiger partial charge in [0, 0.05) is 10.6 Å². The van der Waals surface area contributed by atoms with Crippen LogP contribution in [0.1, 0.15) is 45.1 Å². The zero-order valence-electron chi connectivity index (χ0n) is 12.2. The molecule has 1 saturated carbocycles. The molecule has 1 nitrogen and oxygen atoms in total. The molecule has 0 spiro atoms. The van der Waals surface area contributed by atoms with Crippen LogP contribution in [0.3, 0.4) is 0 Å². The predicted molar refractivity (Wildman–Crippen MR) is 86.3 cm³/mol. The van der Waals surface area contributed by atoms with Gasteiger partial charge in [-0.25, -0.2) is 0 Å². The van der Waals surface area contributed by atoms with E-state index in [0.717, 1.165) is 10.9 Å². The summed E-state index contributed by atoms with van der Waals surface area (Å²) in [6.45, 7) is 5.77. The van der Waals surface area contributed by atoms with E-state index in [9.17, 15) is 0 Å². The van der Waals surface area contributed by atoms with Crippen molar-refractivity contribution in [2.45, 2.75) is 45.1 Å². The lowest BCUT2D eigenvalue weighted by Gasteiger charge is -2.49. The Morgan fingerprint density at radius 2 is 1.79 bits per heavy atom. The maximum Gasteiger partial charge on any atom is 0.0457 e. The summed E-state index contributed by atoms with van der Waals surface area (Å²) < 4.78 is 0. The van der Waals surface area contributed by atoms with Crippen LogP contribution in [-0.2, 0) is 5.54 Å². The second kappa shape index (κ2) is 6.97. The smallest absolute Gasteiger partial charge is 0.0457 e. The van der Waals surface area contributed by atoms with E-state index in [1.54, 1.807) is 0 Å². The van der Waals surface area contributed by atoms with Crippen molar-refractivity contribution < 1.29 is 0 Å². The highest BCUT2D eigenvalue weighted by atomic mass is 35.5. The summed E-state index contributed by atoms with van der Waals surface area (Å²) >= 11 is 5.99. The second-order valence-electron chi connectivity index (χ2n) is 6.00. The number of halogens is 2. The number of rotatable bonds is 5. The molecule has 19 heavy (non-hydrogen) atoms. The third-order valence-electron chi connectivity index (χ3n) is 4.33. The predicted octanol–water partition coefficient (Wildman–Crippen LogP) is 5.12. The Morgan fingerprint density at radius 3 is 2.21 bits per heavy atom. The van der Waals surface area contributed by atoms with E-state index in [0.29, 0.717) is 0 Å². The van der Waals surface area contributed by atoms with Crippen molar-refractivity contribution in [3.05, 3.63) is 34.9 Å². The van der Waals surface area contributed by atoms with Crippen LogP contribution in [0.25, 0.3) is 0 Å². The third kappa shape index (κ3) is 3.65. The summed E-state index contributed by atoms with van der Waals surface area (Å²) in [4.78, 5) is 2.56. The Morgan fingerprint density at radius 1 is 1.21 bits per heavy atom. The van der Waals surface area contributed by atoms with Gasteiger partial charge in [0.1, 0.15) is 0 Å². The maximum atomic E-state index is 5.99. The SMILES string of the molecule is CC(C)CCN(C)C1(c2ccc(Cl)cc2)CCC1.Cl. The van der Waals surface area contributed by atoms with Crippen LogP contribution in [-0.4, -0.2) is 18.5 Å². The molecule has 0 amide bonds. The van der Waals surface area contributed by atoms with Gasteiger partial charge in [0.25, 0.3) is 0 Å². The van der Waals surface area contributed by atoms with Gasteiger partial charge >= 0.3 is 0 Å². The molecule has 3 heteroatoms. The first-order valence-corrected chi connectivity index (χ1v) is 7.40. The van der Waals surface area contributed by atoms with Gasteiger partial charge in [-0.2, -0.15) is 0 Å². The largest absolute Gasteiger partial charge is 0.297 e. The molecule has 0 aromatic heterocycles. The van der Waals surface area contributed by atoms with Crippen molar-refractivity contribution >= 4 is 24.0 Å². The fourth-order valence-electron chi connectivity index (χ4n) is 2.83. The highest BCUT2D eigenvalue weighted by molar-refractivity contribution is 6.30. The van der Waals surface area contributed by atoms with Gasteiger partial charge in [0.2, 0.25) is 0 Å². The Balaban J connectivity index is 0.00000180. The van der Waals surface area contributed by atoms with E-state index < -0.39 is 0 Å². The second-order valence-corrected chi connectivity index (χ2v) is 6.43. The van der Waals surface area contributed by atoms with Gasteiger partial charge in [0.15, 0.2) is 0 Å². The minimum Gasteiger partial charge on any atom is -0.297 e. The summed E-state index contributed by atoms with van der Waals surface area (Å²) in [5.74, 6) is 0.773. The molecule has 0 aliphatic heterocycles. The van der Waals surface area contributed by atoms with E-state index in [2.05, 4.69) is 37.9 Å².